The zero-order chi connectivity index (χ0) is 11.7. The van der Waals surface area contributed by atoms with Gasteiger partial charge in [-0.1, -0.05) is 18.9 Å². The van der Waals surface area contributed by atoms with E-state index in [2.05, 4.69) is 10.2 Å². The lowest BCUT2D eigenvalue weighted by Crippen LogP contribution is -2.60. The number of anilines is 1. The molecule has 2 fully saturated rings. The molecule has 1 aromatic rings. The highest BCUT2D eigenvalue weighted by atomic mass is 19.1. The van der Waals surface area contributed by atoms with Gasteiger partial charge in [0.25, 0.3) is 0 Å². The molecule has 1 saturated carbocycles. The van der Waals surface area contributed by atoms with E-state index in [4.69, 9.17) is 0 Å². The molecule has 3 heteroatoms. The van der Waals surface area contributed by atoms with Crippen LogP contribution in [0.1, 0.15) is 25.7 Å². The fourth-order valence-electron chi connectivity index (χ4n) is 3.37. The summed E-state index contributed by atoms with van der Waals surface area (Å²) in [4.78, 5) is 2.43. The van der Waals surface area contributed by atoms with Crippen LogP contribution in [0.15, 0.2) is 24.3 Å². The van der Waals surface area contributed by atoms with Crippen LogP contribution in [0, 0.1) is 5.82 Å². The third-order valence-electron chi connectivity index (χ3n) is 4.19. The molecule has 1 aliphatic heterocycles. The third kappa shape index (κ3) is 1.93. The van der Waals surface area contributed by atoms with E-state index in [1.165, 1.54) is 31.7 Å². The molecule has 0 radical (unpaired) electrons. The summed E-state index contributed by atoms with van der Waals surface area (Å²) < 4.78 is 13.4. The second-order valence-electron chi connectivity index (χ2n) is 5.24. The van der Waals surface area contributed by atoms with Gasteiger partial charge in [-0.2, -0.15) is 0 Å². The Morgan fingerprint density at radius 1 is 1.24 bits per heavy atom. The summed E-state index contributed by atoms with van der Waals surface area (Å²) in [6.45, 7) is 3.03. The van der Waals surface area contributed by atoms with Crippen molar-refractivity contribution in [2.24, 2.45) is 0 Å². The van der Waals surface area contributed by atoms with E-state index in [0.717, 1.165) is 25.3 Å². The summed E-state index contributed by atoms with van der Waals surface area (Å²) in [5.41, 5.74) is 1.29. The predicted octanol–water partition coefficient (Wildman–Crippen LogP) is 2.55. The lowest BCUT2D eigenvalue weighted by molar-refractivity contribution is 0.332. The van der Waals surface area contributed by atoms with Gasteiger partial charge in [0, 0.05) is 25.3 Å². The van der Waals surface area contributed by atoms with Gasteiger partial charge in [0.2, 0.25) is 0 Å². The molecule has 1 saturated heterocycles. The normalized spacial score (nSPS) is 23.2. The monoisotopic (exact) mass is 234 g/mol. The minimum atomic E-state index is -0.130. The molecule has 1 spiro atoms. The van der Waals surface area contributed by atoms with Crippen LogP contribution in [0.3, 0.4) is 0 Å². The van der Waals surface area contributed by atoms with Crippen LogP contribution >= 0.6 is 0 Å². The number of benzene rings is 1. The average Bonchev–Trinajstić information content (AvgIpc) is 2.79. The Labute approximate surface area is 102 Å². The number of rotatable bonds is 1. The first-order valence-electron chi connectivity index (χ1n) is 6.54. The zero-order valence-electron chi connectivity index (χ0n) is 10.1. The van der Waals surface area contributed by atoms with Crippen LogP contribution in [-0.2, 0) is 0 Å². The van der Waals surface area contributed by atoms with E-state index in [-0.39, 0.29) is 11.4 Å². The first-order valence-corrected chi connectivity index (χ1v) is 6.54. The van der Waals surface area contributed by atoms with E-state index in [1.54, 1.807) is 6.07 Å². The molecule has 0 atom stereocenters. The van der Waals surface area contributed by atoms with Crippen molar-refractivity contribution >= 4 is 5.69 Å². The Hall–Kier alpha value is -1.09. The van der Waals surface area contributed by atoms with Gasteiger partial charge in [-0.25, -0.2) is 4.39 Å². The van der Waals surface area contributed by atoms with Gasteiger partial charge < -0.3 is 10.2 Å². The zero-order valence-corrected chi connectivity index (χ0v) is 10.1. The van der Waals surface area contributed by atoms with E-state index in [9.17, 15) is 4.39 Å². The van der Waals surface area contributed by atoms with Crippen LogP contribution in [0.2, 0.25) is 0 Å². The molecule has 17 heavy (non-hydrogen) atoms. The van der Waals surface area contributed by atoms with Crippen molar-refractivity contribution in [2.75, 3.05) is 24.5 Å². The number of nitrogens with one attached hydrogen (secondary N) is 1. The lowest BCUT2D eigenvalue weighted by atomic mass is 9.92. The van der Waals surface area contributed by atoms with Gasteiger partial charge in [0.15, 0.2) is 0 Å². The minimum Gasteiger partial charge on any atom is -0.363 e. The highest BCUT2D eigenvalue weighted by Gasteiger charge is 2.41. The quantitative estimate of drug-likeness (QED) is 0.803. The summed E-state index contributed by atoms with van der Waals surface area (Å²) in [6.07, 6.45) is 5.06. The smallest absolute Gasteiger partial charge is 0.125 e. The molecule has 1 N–H and O–H groups in total. The van der Waals surface area contributed by atoms with E-state index < -0.39 is 0 Å². The van der Waals surface area contributed by atoms with Gasteiger partial charge >= 0.3 is 0 Å². The van der Waals surface area contributed by atoms with Crippen molar-refractivity contribution in [3.05, 3.63) is 30.1 Å². The molecule has 3 rings (SSSR count). The Morgan fingerprint density at radius 2 is 2.06 bits per heavy atom. The minimum absolute atomic E-state index is 0.130. The Balaban J connectivity index is 1.93. The fraction of sp³-hybridized carbons (Fsp3) is 0.571. The maximum Gasteiger partial charge on any atom is 0.125 e. The third-order valence-corrected chi connectivity index (χ3v) is 4.19. The molecule has 0 unspecified atom stereocenters. The van der Waals surface area contributed by atoms with Crippen molar-refractivity contribution < 1.29 is 4.39 Å². The van der Waals surface area contributed by atoms with Crippen molar-refractivity contribution in [1.82, 2.24) is 5.32 Å². The summed E-state index contributed by atoms with van der Waals surface area (Å²) in [5, 5.41) is 3.50. The van der Waals surface area contributed by atoms with Crippen molar-refractivity contribution in [2.45, 2.75) is 31.2 Å². The molecule has 0 bridgehead atoms. The molecule has 0 amide bonds. The topological polar surface area (TPSA) is 15.3 Å². The average molecular weight is 234 g/mol. The first kappa shape index (κ1) is 11.0. The SMILES string of the molecule is Fc1cccc(N2CCNCC23CCCC3)c1. The molecular weight excluding hydrogens is 215 g/mol. The Kier molecular flexibility index (Phi) is 2.79. The van der Waals surface area contributed by atoms with Crippen LogP contribution in [0.5, 0.6) is 0 Å². The number of halogens is 1. The van der Waals surface area contributed by atoms with Crippen LogP contribution in [0.4, 0.5) is 10.1 Å². The molecule has 2 aliphatic rings. The standard InChI is InChI=1S/C14H19FN2/c15-12-4-3-5-13(10-12)17-9-8-16-11-14(17)6-1-2-7-14/h3-5,10,16H,1-2,6-9,11H2. The van der Waals surface area contributed by atoms with E-state index in [1.807, 2.05) is 12.1 Å². The van der Waals surface area contributed by atoms with Gasteiger partial charge in [-0.05, 0) is 31.0 Å². The van der Waals surface area contributed by atoms with Gasteiger partial charge in [0.05, 0.1) is 5.54 Å². The van der Waals surface area contributed by atoms with E-state index in [0.29, 0.717) is 0 Å². The first-order chi connectivity index (χ1) is 8.30. The van der Waals surface area contributed by atoms with Crippen molar-refractivity contribution in [3.8, 4) is 0 Å². The number of nitrogens with zero attached hydrogens (tertiary/aromatic N) is 1. The summed E-state index contributed by atoms with van der Waals surface area (Å²) in [6, 6.07) is 7.04. The summed E-state index contributed by atoms with van der Waals surface area (Å²) in [5.74, 6) is -0.130. The molecule has 1 aliphatic carbocycles. The second kappa shape index (κ2) is 4.30. The van der Waals surface area contributed by atoms with Crippen LogP contribution in [0.25, 0.3) is 0 Å². The molecule has 92 valence electrons. The maximum absolute atomic E-state index is 13.4. The molecule has 1 heterocycles. The molecule has 2 nitrogen and oxygen atoms in total. The second-order valence-corrected chi connectivity index (χ2v) is 5.24. The number of hydrogen-bond donors (Lipinski definition) is 1. The predicted molar refractivity (Wildman–Crippen MR) is 67.8 cm³/mol. The van der Waals surface area contributed by atoms with Crippen molar-refractivity contribution in [3.63, 3.8) is 0 Å². The van der Waals surface area contributed by atoms with Crippen LogP contribution < -0.4 is 10.2 Å². The van der Waals surface area contributed by atoms with Gasteiger partial charge in [0.1, 0.15) is 5.82 Å². The summed E-state index contributed by atoms with van der Waals surface area (Å²) >= 11 is 0. The molecule has 1 aromatic carbocycles. The maximum atomic E-state index is 13.4. The highest BCUT2D eigenvalue weighted by molar-refractivity contribution is 5.50. The summed E-state index contributed by atoms with van der Waals surface area (Å²) in [7, 11) is 0. The molecule has 0 aromatic heterocycles. The van der Waals surface area contributed by atoms with Gasteiger partial charge in [-0.15, -0.1) is 0 Å². The Morgan fingerprint density at radius 3 is 2.82 bits per heavy atom. The van der Waals surface area contributed by atoms with Crippen LogP contribution in [-0.4, -0.2) is 25.2 Å². The molecular formula is C14H19FN2. The number of hydrogen-bond acceptors (Lipinski definition) is 2. The lowest BCUT2D eigenvalue weighted by Gasteiger charge is -2.47. The van der Waals surface area contributed by atoms with Gasteiger partial charge in [-0.3, -0.25) is 0 Å². The highest BCUT2D eigenvalue weighted by Crippen LogP contribution is 2.38. The number of piperazine rings is 1. The fourth-order valence-corrected chi connectivity index (χ4v) is 3.37. The van der Waals surface area contributed by atoms with Crippen molar-refractivity contribution in [1.29, 1.82) is 0 Å². The largest absolute Gasteiger partial charge is 0.363 e. The van der Waals surface area contributed by atoms with E-state index >= 15 is 0 Å². The Bertz CT molecular complexity index is 399.